The lowest BCUT2D eigenvalue weighted by molar-refractivity contribution is -0.0987. The molecular formula is C23H34N2O5. The molecule has 7 heteroatoms. The Kier molecular flexibility index (Phi) is 7.23. The average molecular weight is 419 g/mol. The van der Waals surface area contributed by atoms with Crippen molar-refractivity contribution in [3.05, 3.63) is 35.9 Å². The number of likely N-dealkylation sites (tertiary alicyclic amines) is 1. The van der Waals surface area contributed by atoms with Gasteiger partial charge in [0.2, 0.25) is 0 Å². The molecule has 2 fully saturated rings. The summed E-state index contributed by atoms with van der Waals surface area (Å²) in [6, 6.07) is 9.86. The standard InChI is InChI=1S/C23H34N2O5/c1-23(2,3)30-21(26)24(4)18-14-20(15-18)29-19-10-12-25(13-11-19)22(27)28-16-17-8-6-5-7-9-17/h5-9,18-20H,10-16H2,1-4H3. The Labute approximate surface area is 179 Å². The van der Waals surface area contributed by atoms with E-state index in [1.165, 1.54) is 0 Å². The quantitative estimate of drug-likeness (QED) is 0.717. The monoisotopic (exact) mass is 418 g/mol. The summed E-state index contributed by atoms with van der Waals surface area (Å²) in [7, 11) is 1.79. The Morgan fingerprint density at radius 2 is 1.70 bits per heavy atom. The Morgan fingerprint density at radius 3 is 2.30 bits per heavy atom. The molecule has 0 unspecified atom stereocenters. The van der Waals surface area contributed by atoms with Gasteiger partial charge in [0.05, 0.1) is 12.2 Å². The first kappa shape index (κ1) is 22.4. The number of amides is 2. The zero-order chi connectivity index (χ0) is 21.7. The summed E-state index contributed by atoms with van der Waals surface area (Å²) in [5.74, 6) is 0. The number of carbonyl (C=O) groups is 2. The first-order chi connectivity index (χ1) is 14.2. The molecule has 0 aromatic heterocycles. The van der Waals surface area contributed by atoms with Crippen LogP contribution in [0, 0.1) is 0 Å². The second kappa shape index (κ2) is 9.69. The van der Waals surface area contributed by atoms with E-state index in [0.29, 0.717) is 19.7 Å². The van der Waals surface area contributed by atoms with Gasteiger partial charge in [0.1, 0.15) is 12.2 Å². The van der Waals surface area contributed by atoms with Crippen LogP contribution >= 0.6 is 0 Å². The molecule has 1 aromatic carbocycles. The predicted octanol–water partition coefficient (Wildman–Crippen LogP) is 4.20. The van der Waals surface area contributed by atoms with Crippen molar-refractivity contribution in [3.8, 4) is 0 Å². The Hall–Kier alpha value is -2.28. The predicted molar refractivity (Wildman–Crippen MR) is 113 cm³/mol. The summed E-state index contributed by atoms with van der Waals surface area (Å²) in [4.78, 5) is 27.8. The van der Waals surface area contributed by atoms with Gasteiger partial charge >= 0.3 is 12.2 Å². The van der Waals surface area contributed by atoms with Gasteiger partial charge in [-0.25, -0.2) is 9.59 Å². The van der Waals surface area contributed by atoms with Crippen LogP contribution in [0.15, 0.2) is 30.3 Å². The van der Waals surface area contributed by atoms with Crippen LogP contribution in [0.1, 0.15) is 52.0 Å². The van der Waals surface area contributed by atoms with Gasteiger partial charge in [-0.15, -0.1) is 0 Å². The molecule has 1 aliphatic heterocycles. The molecule has 2 amide bonds. The second-order valence-electron chi connectivity index (χ2n) is 9.20. The maximum atomic E-state index is 12.3. The van der Waals surface area contributed by atoms with Gasteiger partial charge in [0.15, 0.2) is 0 Å². The third kappa shape index (κ3) is 6.36. The SMILES string of the molecule is CN(C(=O)OC(C)(C)C)C1CC(OC2CCN(C(=O)OCc3ccccc3)CC2)C1. The number of hydrogen-bond acceptors (Lipinski definition) is 5. The minimum Gasteiger partial charge on any atom is -0.445 e. The Bertz CT molecular complexity index is 704. The van der Waals surface area contributed by atoms with Gasteiger partial charge in [0.25, 0.3) is 0 Å². The third-order valence-corrected chi connectivity index (χ3v) is 5.59. The highest BCUT2D eigenvalue weighted by Crippen LogP contribution is 2.31. The summed E-state index contributed by atoms with van der Waals surface area (Å²) >= 11 is 0. The van der Waals surface area contributed by atoms with Crippen LogP contribution in [-0.2, 0) is 20.8 Å². The van der Waals surface area contributed by atoms with E-state index in [1.807, 2.05) is 51.1 Å². The van der Waals surface area contributed by atoms with Crippen molar-refractivity contribution >= 4 is 12.2 Å². The first-order valence-electron chi connectivity index (χ1n) is 10.8. The average Bonchev–Trinajstić information content (AvgIpc) is 2.68. The minimum atomic E-state index is -0.485. The molecule has 7 nitrogen and oxygen atoms in total. The van der Waals surface area contributed by atoms with Crippen molar-refractivity contribution in [1.29, 1.82) is 0 Å². The van der Waals surface area contributed by atoms with E-state index in [-0.39, 0.29) is 30.4 Å². The van der Waals surface area contributed by atoms with Gasteiger partial charge in [-0.1, -0.05) is 30.3 Å². The summed E-state index contributed by atoms with van der Waals surface area (Å²) in [5, 5.41) is 0. The zero-order valence-corrected chi connectivity index (χ0v) is 18.5. The number of rotatable bonds is 5. The normalized spacial score (nSPS) is 22.2. The molecule has 3 rings (SSSR count). The van der Waals surface area contributed by atoms with Crippen LogP contribution in [0.4, 0.5) is 9.59 Å². The molecule has 0 bridgehead atoms. The van der Waals surface area contributed by atoms with Gasteiger partial charge < -0.3 is 24.0 Å². The molecule has 0 N–H and O–H groups in total. The van der Waals surface area contributed by atoms with E-state index in [9.17, 15) is 9.59 Å². The lowest BCUT2D eigenvalue weighted by Crippen LogP contribution is -2.51. The van der Waals surface area contributed by atoms with Crippen molar-refractivity contribution < 1.29 is 23.8 Å². The zero-order valence-electron chi connectivity index (χ0n) is 18.5. The van der Waals surface area contributed by atoms with Gasteiger partial charge in [0, 0.05) is 26.2 Å². The lowest BCUT2D eigenvalue weighted by atomic mass is 9.88. The maximum Gasteiger partial charge on any atom is 0.410 e. The molecule has 2 aliphatic rings. The van der Waals surface area contributed by atoms with Crippen LogP contribution in [0.3, 0.4) is 0 Å². The summed E-state index contributed by atoms with van der Waals surface area (Å²) in [6.07, 6.45) is 3.05. The largest absolute Gasteiger partial charge is 0.445 e. The molecule has 166 valence electrons. The van der Waals surface area contributed by atoms with Gasteiger partial charge in [-0.05, 0) is 52.0 Å². The first-order valence-corrected chi connectivity index (χ1v) is 10.8. The molecular weight excluding hydrogens is 384 g/mol. The molecule has 0 atom stereocenters. The van der Waals surface area contributed by atoms with E-state index < -0.39 is 5.60 Å². The second-order valence-corrected chi connectivity index (χ2v) is 9.20. The topological polar surface area (TPSA) is 68.3 Å². The Morgan fingerprint density at radius 1 is 1.07 bits per heavy atom. The van der Waals surface area contributed by atoms with Gasteiger partial charge in [-0.3, -0.25) is 0 Å². The summed E-state index contributed by atoms with van der Waals surface area (Å²) in [6.45, 7) is 7.20. The van der Waals surface area contributed by atoms with Crippen molar-refractivity contribution in [2.75, 3.05) is 20.1 Å². The summed E-state index contributed by atoms with van der Waals surface area (Å²) < 4.78 is 17.0. The van der Waals surface area contributed by atoms with E-state index in [2.05, 4.69) is 0 Å². The molecule has 1 saturated heterocycles. The van der Waals surface area contributed by atoms with E-state index >= 15 is 0 Å². The Balaban J connectivity index is 1.32. The fourth-order valence-corrected chi connectivity index (χ4v) is 3.71. The molecule has 1 aromatic rings. The maximum absolute atomic E-state index is 12.3. The van der Waals surface area contributed by atoms with Crippen molar-refractivity contribution in [2.45, 2.75) is 76.9 Å². The number of hydrogen-bond donors (Lipinski definition) is 0. The van der Waals surface area contributed by atoms with Crippen LogP contribution in [0.5, 0.6) is 0 Å². The molecule has 1 heterocycles. The number of carbonyl (C=O) groups excluding carboxylic acids is 2. The molecule has 0 spiro atoms. The number of benzene rings is 1. The highest BCUT2D eigenvalue weighted by atomic mass is 16.6. The van der Waals surface area contributed by atoms with Crippen LogP contribution in [0.25, 0.3) is 0 Å². The molecule has 1 saturated carbocycles. The third-order valence-electron chi connectivity index (χ3n) is 5.59. The van der Waals surface area contributed by atoms with Crippen LogP contribution < -0.4 is 0 Å². The van der Waals surface area contributed by atoms with Crippen molar-refractivity contribution in [3.63, 3.8) is 0 Å². The summed E-state index contributed by atoms with van der Waals surface area (Å²) in [5.41, 5.74) is 0.501. The molecule has 30 heavy (non-hydrogen) atoms. The minimum absolute atomic E-state index is 0.154. The molecule has 0 radical (unpaired) electrons. The van der Waals surface area contributed by atoms with Gasteiger partial charge in [-0.2, -0.15) is 0 Å². The number of ether oxygens (including phenoxy) is 3. The van der Waals surface area contributed by atoms with Crippen LogP contribution in [0.2, 0.25) is 0 Å². The highest BCUT2D eigenvalue weighted by molar-refractivity contribution is 5.68. The van der Waals surface area contributed by atoms with Crippen LogP contribution in [-0.4, -0.2) is 66.0 Å². The molecule has 1 aliphatic carbocycles. The fraction of sp³-hybridized carbons (Fsp3) is 0.652. The number of piperidine rings is 1. The van der Waals surface area contributed by atoms with Crippen molar-refractivity contribution in [2.24, 2.45) is 0 Å². The highest BCUT2D eigenvalue weighted by Gasteiger charge is 2.38. The smallest absolute Gasteiger partial charge is 0.410 e. The van der Waals surface area contributed by atoms with Crippen molar-refractivity contribution in [1.82, 2.24) is 9.80 Å². The lowest BCUT2D eigenvalue weighted by Gasteiger charge is -2.43. The van der Waals surface area contributed by atoms with E-state index in [0.717, 1.165) is 31.2 Å². The van der Waals surface area contributed by atoms with E-state index in [1.54, 1.807) is 16.8 Å². The fourth-order valence-electron chi connectivity index (χ4n) is 3.71. The van der Waals surface area contributed by atoms with E-state index in [4.69, 9.17) is 14.2 Å². The number of nitrogens with zero attached hydrogens (tertiary/aromatic N) is 2.